The number of nitrogens with zero attached hydrogens (tertiary/aromatic N) is 2. The van der Waals surface area contributed by atoms with Crippen molar-refractivity contribution in [2.24, 2.45) is 0 Å². The van der Waals surface area contributed by atoms with Crippen LogP contribution in [0.5, 0.6) is 0 Å². The summed E-state index contributed by atoms with van der Waals surface area (Å²) in [7, 11) is 1.64. The van der Waals surface area contributed by atoms with Gasteiger partial charge in [0.25, 0.3) is 5.91 Å². The second-order valence-electron chi connectivity index (χ2n) is 3.60. The van der Waals surface area contributed by atoms with Crippen LogP contribution < -0.4 is 10.6 Å². The zero-order valence-corrected chi connectivity index (χ0v) is 9.01. The Kier molecular flexibility index (Phi) is 3.43. The Morgan fingerprint density at radius 3 is 3.12 bits per heavy atom. The summed E-state index contributed by atoms with van der Waals surface area (Å²) in [5.74, 6) is -0.219. The molecular formula is C10H14N4O2. The fourth-order valence-electron chi connectivity index (χ4n) is 1.71. The van der Waals surface area contributed by atoms with Crippen LogP contribution in [0, 0.1) is 0 Å². The van der Waals surface area contributed by atoms with Crippen LogP contribution in [0.25, 0.3) is 0 Å². The van der Waals surface area contributed by atoms with E-state index in [2.05, 4.69) is 20.6 Å². The summed E-state index contributed by atoms with van der Waals surface area (Å²) in [6, 6.07) is -0.0143. The van der Waals surface area contributed by atoms with Crippen LogP contribution in [0.2, 0.25) is 0 Å². The molecule has 1 aromatic heterocycles. The zero-order valence-electron chi connectivity index (χ0n) is 9.01. The van der Waals surface area contributed by atoms with E-state index in [1.54, 1.807) is 7.11 Å². The normalized spacial score (nSPS) is 24.3. The van der Waals surface area contributed by atoms with E-state index in [0.717, 1.165) is 6.54 Å². The largest absolute Gasteiger partial charge is 0.378 e. The quantitative estimate of drug-likeness (QED) is 0.699. The Morgan fingerprint density at radius 2 is 2.44 bits per heavy atom. The van der Waals surface area contributed by atoms with Gasteiger partial charge in [0.1, 0.15) is 5.69 Å². The fourth-order valence-corrected chi connectivity index (χ4v) is 1.71. The summed E-state index contributed by atoms with van der Waals surface area (Å²) >= 11 is 0. The molecule has 1 aromatic rings. The van der Waals surface area contributed by atoms with Crippen molar-refractivity contribution >= 4 is 5.91 Å². The lowest BCUT2D eigenvalue weighted by Gasteiger charge is -2.17. The van der Waals surface area contributed by atoms with Gasteiger partial charge >= 0.3 is 0 Å². The van der Waals surface area contributed by atoms with Crippen molar-refractivity contribution in [2.45, 2.75) is 12.1 Å². The van der Waals surface area contributed by atoms with Crippen molar-refractivity contribution in [2.75, 3.05) is 20.2 Å². The van der Waals surface area contributed by atoms with Gasteiger partial charge in [-0.25, -0.2) is 4.98 Å². The van der Waals surface area contributed by atoms with Crippen LogP contribution in [-0.4, -0.2) is 48.2 Å². The first-order chi connectivity index (χ1) is 7.81. The van der Waals surface area contributed by atoms with E-state index in [1.807, 2.05) is 0 Å². The number of carbonyl (C=O) groups excluding carboxylic acids is 1. The fraction of sp³-hybridized carbons (Fsp3) is 0.500. The van der Waals surface area contributed by atoms with Crippen molar-refractivity contribution in [3.05, 3.63) is 24.3 Å². The highest BCUT2D eigenvalue weighted by Crippen LogP contribution is 2.04. The molecule has 1 amide bonds. The van der Waals surface area contributed by atoms with E-state index in [9.17, 15) is 4.79 Å². The molecule has 2 rings (SSSR count). The van der Waals surface area contributed by atoms with Crippen LogP contribution in [0.3, 0.4) is 0 Å². The summed E-state index contributed by atoms with van der Waals surface area (Å²) in [6.07, 6.45) is 4.49. The molecule has 0 spiro atoms. The van der Waals surface area contributed by atoms with Crippen molar-refractivity contribution < 1.29 is 9.53 Å². The molecular weight excluding hydrogens is 208 g/mol. The number of rotatable bonds is 3. The molecule has 6 nitrogen and oxygen atoms in total. The molecule has 1 aliphatic heterocycles. The number of carbonyl (C=O) groups is 1. The predicted molar refractivity (Wildman–Crippen MR) is 57.0 cm³/mol. The molecule has 6 heteroatoms. The predicted octanol–water partition coefficient (Wildman–Crippen LogP) is -0.807. The molecule has 16 heavy (non-hydrogen) atoms. The van der Waals surface area contributed by atoms with Crippen LogP contribution >= 0.6 is 0 Å². The SMILES string of the molecule is COC1CNCC1NC(=O)c1cnccn1. The number of hydrogen-bond donors (Lipinski definition) is 2. The highest BCUT2D eigenvalue weighted by Gasteiger charge is 2.28. The highest BCUT2D eigenvalue weighted by atomic mass is 16.5. The van der Waals surface area contributed by atoms with E-state index in [1.165, 1.54) is 18.6 Å². The van der Waals surface area contributed by atoms with Gasteiger partial charge in [-0.15, -0.1) is 0 Å². The van der Waals surface area contributed by atoms with Gasteiger partial charge in [-0.2, -0.15) is 0 Å². The average Bonchev–Trinajstić information content (AvgIpc) is 2.77. The molecule has 0 saturated carbocycles. The lowest BCUT2D eigenvalue weighted by Crippen LogP contribution is -2.43. The van der Waals surface area contributed by atoms with Crippen LogP contribution in [0.1, 0.15) is 10.5 Å². The first-order valence-corrected chi connectivity index (χ1v) is 5.11. The van der Waals surface area contributed by atoms with Gasteiger partial charge in [-0.1, -0.05) is 0 Å². The second-order valence-corrected chi connectivity index (χ2v) is 3.60. The van der Waals surface area contributed by atoms with E-state index in [0.29, 0.717) is 12.2 Å². The van der Waals surface area contributed by atoms with Gasteiger partial charge in [0, 0.05) is 32.6 Å². The molecule has 1 fully saturated rings. The minimum atomic E-state index is -0.219. The van der Waals surface area contributed by atoms with Crippen LogP contribution in [0.15, 0.2) is 18.6 Å². The molecule has 0 bridgehead atoms. The Hall–Kier alpha value is -1.53. The van der Waals surface area contributed by atoms with Crippen molar-refractivity contribution in [1.29, 1.82) is 0 Å². The molecule has 2 N–H and O–H groups in total. The standard InChI is InChI=1S/C10H14N4O2/c1-16-9-6-12-4-7(9)14-10(15)8-5-11-2-3-13-8/h2-3,5,7,9,12H,4,6H2,1H3,(H,14,15). The van der Waals surface area contributed by atoms with Gasteiger partial charge in [-0.3, -0.25) is 9.78 Å². The first kappa shape index (κ1) is 11.0. The zero-order chi connectivity index (χ0) is 11.4. The van der Waals surface area contributed by atoms with E-state index < -0.39 is 0 Å². The van der Waals surface area contributed by atoms with Gasteiger partial charge in [0.05, 0.1) is 18.3 Å². The van der Waals surface area contributed by atoms with E-state index in [4.69, 9.17) is 4.74 Å². The minimum Gasteiger partial charge on any atom is -0.378 e. The molecule has 86 valence electrons. The lowest BCUT2D eigenvalue weighted by molar-refractivity contribution is 0.0776. The van der Waals surface area contributed by atoms with Crippen molar-refractivity contribution in [1.82, 2.24) is 20.6 Å². The Balaban J connectivity index is 1.97. The van der Waals surface area contributed by atoms with E-state index in [-0.39, 0.29) is 18.1 Å². The highest BCUT2D eigenvalue weighted by molar-refractivity contribution is 5.92. The number of methoxy groups -OCH3 is 1. The third-order valence-corrected chi connectivity index (χ3v) is 2.57. The van der Waals surface area contributed by atoms with E-state index >= 15 is 0 Å². The average molecular weight is 222 g/mol. The third-order valence-electron chi connectivity index (χ3n) is 2.57. The van der Waals surface area contributed by atoms with Crippen molar-refractivity contribution in [3.8, 4) is 0 Å². The second kappa shape index (κ2) is 5.00. The summed E-state index contributed by atoms with van der Waals surface area (Å²) in [5, 5.41) is 6.02. The maximum Gasteiger partial charge on any atom is 0.271 e. The number of amides is 1. The lowest BCUT2D eigenvalue weighted by atomic mass is 10.2. The molecule has 2 atom stereocenters. The maximum atomic E-state index is 11.8. The Bertz CT molecular complexity index is 357. The van der Waals surface area contributed by atoms with Gasteiger partial charge in [-0.05, 0) is 0 Å². The Labute approximate surface area is 93.4 Å². The minimum absolute atomic E-state index is 0.0143. The first-order valence-electron chi connectivity index (χ1n) is 5.11. The number of hydrogen-bond acceptors (Lipinski definition) is 5. The summed E-state index contributed by atoms with van der Waals surface area (Å²) in [4.78, 5) is 19.6. The smallest absolute Gasteiger partial charge is 0.271 e. The number of ether oxygens (including phenoxy) is 1. The molecule has 1 aliphatic rings. The van der Waals surface area contributed by atoms with Crippen LogP contribution in [0.4, 0.5) is 0 Å². The molecule has 2 unspecified atom stereocenters. The third kappa shape index (κ3) is 2.34. The van der Waals surface area contributed by atoms with Crippen LogP contribution in [-0.2, 0) is 4.74 Å². The van der Waals surface area contributed by atoms with Gasteiger partial charge in [0.15, 0.2) is 0 Å². The maximum absolute atomic E-state index is 11.8. The van der Waals surface area contributed by atoms with Gasteiger partial charge in [0.2, 0.25) is 0 Å². The molecule has 0 radical (unpaired) electrons. The molecule has 2 heterocycles. The Morgan fingerprint density at radius 1 is 1.56 bits per heavy atom. The summed E-state index contributed by atoms with van der Waals surface area (Å²) in [5.41, 5.74) is 0.323. The monoisotopic (exact) mass is 222 g/mol. The topological polar surface area (TPSA) is 76.1 Å². The van der Waals surface area contributed by atoms with Crippen molar-refractivity contribution in [3.63, 3.8) is 0 Å². The van der Waals surface area contributed by atoms with Gasteiger partial charge < -0.3 is 15.4 Å². The number of aromatic nitrogens is 2. The summed E-state index contributed by atoms with van der Waals surface area (Å²) < 4.78 is 5.25. The number of nitrogens with one attached hydrogen (secondary N) is 2. The molecule has 0 aliphatic carbocycles. The summed E-state index contributed by atoms with van der Waals surface area (Å²) in [6.45, 7) is 1.46. The molecule has 0 aromatic carbocycles. The molecule has 1 saturated heterocycles.